The summed E-state index contributed by atoms with van der Waals surface area (Å²) < 4.78 is 24.4. The average Bonchev–Trinajstić information content (AvgIpc) is 1.80. The highest BCUT2D eigenvalue weighted by atomic mass is 32.1. The standard InChI is InChI=1S/C6H10F2O2S/c1-6(7,8)2-4(3-11)5(9)10/h4,11H,2-3H2,1H3,(H,9,10). The van der Waals surface area contributed by atoms with Gasteiger partial charge in [0, 0.05) is 12.2 Å². The van der Waals surface area contributed by atoms with Crippen molar-refractivity contribution in [1.29, 1.82) is 0 Å². The molecule has 0 heterocycles. The molecule has 1 atom stereocenters. The molecule has 0 aromatic rings. The fourth-order valence-corrected chi connectivity index (χ4v) is 0.948. The maximum atomic E-state index is 12.2. The molecule has 11 heavy (non-hydrogen) atoms. The van der Waals surface area contributed by atoms with E-state index in [0.29, 0.717) is 6.92 Å². The van der Waals surface area contributed by atoms with Crippen LogP contribution in [0.4, 0.5) is 8.78 Å². The van der Waals surface area contributed by atoms with Gasteiger partial charge in [-0.15, -0.1) is 0 Å². The number of carbonyl (C=O) groups is 1. The van der Waals surface area contributed by atoms with Crippen LogP contribution in [0.3, 0.4) is 0 Å². The van der Waals surface area contributed by atoms with Crippen LogP contribution in [0.1, 0.15) is 13.3 Å². The number of alkyl halides is 2. The van der Waals surface area contributed by atoms with Crippen molar-refractivity contribution in [3.05, 3.63) is 0 Å². The third kappa shape index (κ3) is 5.01. The lowest BCUT2D eigenvalue weighted by Gasteiger charge is -2.14. The normalized spacial score (nSPS) is 14.5. The minimum atomic E-state index is -2.92. The number of aliphatic carboxylic acids is 1. The summed E-state index contributed by atoms with van der Waals surface area (Å²) in [6.45, 7) is 0.701. The molecule has 0 aliphatic carbocycles. The molecule has 0 saturated heterocycles. The second-order valence-electron chi connectivity index (χ2n) is 2.49. The van der Waals surface area contributed by atoms with Gasteiger partial charge in [-0.1, -0.05) is 0 Å². The van der Waals surface area contributed by atoms with E-state index >= 15 is 0 Å². The molecule has 0 aromatic carbocycles. The van der Waals surface area contributed by atoms with Crippen LogP contribution in [0.15, 0.2) is 0 Å². The van der Waals surface area contributed by atoms with E-state index in [1.165, 1.54) is 0 Å². The molecular weight excluding hydrogens is 174 g/mol. The average molecular weight is 184 g/mol. The van der Waals surface area contributed by atoms with Crippen molar-refractivity contribution in [2.45, 2.75) is 19.3 Å². The Balaban J connectivity index is 3.99. The Morgan fingerprint density at radius 3 is 2.27 bits per heavy atom. The summed E-state index contributed by atoms with van der Waals surface area (Å²) in [7, 11) is 0. The van der Waals surface area contributed by atoms with E-state index in [1.807, 2.05) is 0 Å². The summed E-state index contributed by atoms with van der Waals surface area (Å²) in [4.78, 5) is 10.2. The van der Waals surface area contributed by atoms with Crippen molar-refractivity contribution in [2.75, 3.05) is 5.75 Å². The van der Waals surface area contributed by atoms with E-state index in [9.17, 15) is 13.6 Å². The third-order valence-electron chi connectivity index (χ3n) is 1.17. The van der Waals surface area contributed by atoms with E-state index < -0.39 is 24.2 Å². The molecule has 0 aliphatic heterocycles. The monoisotopic (exact) mass is 184 g/mol. The minimum Gasteiger partial charge on any atom is -0.481 e. The molecule has 1 unspecified atom stereocenters. The number of carboxylic acids is 1. The second kappa shape index (κ2) is 3.90. The van der Waals surface area contributed by atoms with Crippen LogP contribution < -0.4 is 0 Å². The van der Waals surface area contributed by atoms with Gasteiger partial charge >= 0.3 is 5.97 Å². The van der Waals surface area contributed by atoms with Crippen molar-refractivity contribution in [3.63, 3.8) is 0 Å². The number of thiol groups is 1. The van der Waals surface area contributed by atoms with E-state index in [0.717, 1.165) is 0 Å². The first-order valence-corrected chi connectivity index (χ1v) is 3.71. The summed E-state index contributed by atoms with van der Waals surface area (Å²) in [6.07, 6.45) is -0.647. The maximum absolute atomic E-state index is 12.2. The highest BCUT2D eigenvalue weighted by Gasteiger charge is 2.29. The molecule has 0 aliphatic rings. The third-order valence-corrected chi connectivity index (χ3v) is 1.62. The molecule has 0 radical (unpaired) electrons. The minimum absolute atomic E-state index is 0.0568. The summed E-state index contributed by atoms with van der Waals surface area (Å²) in [6, 6.07) is 0. The SMILES string of the molecule is CC(F)(F)CC(CS)C(=O)O. The van der Waals surface area contributed by atoms with Gasteiger partial charge in [-0.2, -0.15) is 12.6 Å². The Kier molecular flexibility index (Phi) is 3.78. The van der Waals surface area contributed by atoms with Crippen LogP contribution in [0.5, 0.6) is 0 Å². The first-order valence-electron chi connectivity index (χ1n) is 3.08. The van der Waals surface area contributed by atoms with Crippen LogP contribution in [-0.4, -0.2) is 22.8 Å². The smallest absolute Gasteiger partial charge is 0.307 e. The lowest BCUT2D eigenvalue weighted by molar-refractivity contribution is -0.143. The van der Waals surface area contributed by atoms with Gasteiger partial charge in [0.25, 0.3) is 0 Å². The van der Waals surface area contributed by atoms with Gasteiger partial charge in [-0.25, -0.2) is 8.78 Å². The highest BCUT2D eigenvalue weighted by molar-refractivity contribution is 7.80. The molecule has 0 rings (SSSR count). The second-order valence-corrected chi connectivity index (χ2v) is 2.86. The van der Waals surface area contributed by atoms with Crippen LogP contribution in [0.25, 0.3) is 0 Å². The van der Waals surface area contributed by atoms with Gasteiger partial charge in [-0.3, -0.25) is 4.79 Å². The summed E-state index contributed by atoms with van der Waals surface area (Å²) in [5, 5.41) is 8.35. The molecule has 0 saturated carbocycles. The van der Waals surface area contributed by atoms with Crippen LogP contribution >= 0.6 is 12.6 Å². The quantitative estimate of drug-likeness (QED) is 0.652. The van der Waals surface area contributed by atoms with Crippen LogP contribution in [0, 0.1) is 5.92 Å². The van der Waals surface area contributed by atoms with Crippen molar-refractivity contribution in [2.24, 2.45) is 5.92 Å². The van der Waals surface area contributed by atoms with Crippen molar-refractivity contribution in [1.82, 2.24) is 0 Å². The Labute approximate surface area is 69.0 Å². The molecule has 0 aromatic heterocycles. The van der Waals surface area contributed by atoms with Crippen LogP contribution in [-0.2, 0) is 4.79 Å². The zero-order valence-corrected chi connectivity index (χ0v) is 6.94. The van der Waals surface area contributed by atoms with Crippen molar-refractivity contribution < 1.29 is 18.7 Å². The van der Waals surface area contributed by atoms with E-state index in [1.54, 1.807) is 0 Å². The van der Waals surface area contributed by atoms with Gasteiger partial charge in [0.05, 0.1) is 5.92 Å². The summed E-state index contributed by atoms with van der Waals surface area (Å²) >= 11 is 3.65. The Morgan fingerprint density at radius 2 is 2.18 bits per heavy atom. The predicted molar refractivity (Wildman–Crippen MR) is 40.2 cm³/mol. The summed E-state index contributed by atoms with van der Waals surface area (Å²) in [5.74, 6) is -5.26. The molecule has 0 amide bonds. The molecule has 5 heteroatoms. The molecule has 1 N–H and O–H groups in total. The van der Waals surface area contributed by atoms with Gasteiger partial charge in [-0.05, 0) is 6.92 Å². The first-order chi connectivity index (χ1) is 4.87. The number of hydrogen-bond acceptors (Lipinski definition) is 2. The molecule has 2 nitrogen and oxygen atoms in total. The molecule has 0 bridgehead atoms. The molecule has 66 valence electrons. The topological polar surface area (TPSA) is 37.3 Å². The first kappa shape index (κ1) is 10.7. The van der Waals surface area contributed by atoms with Gasteiger partial charge in [0.1, 0.15) is 0 Å². The highest BCUT2D eigenvalue weighted by Crippen LogP contribution is 2.23. The molecular formula is C6H10F2O2S. The number of halogens is 2. The van der Waals surface area contributed by atoms with Crippen molar-refractivity contribution in [3.8, 4) is 0 Å². The van der Waals surface area contributed by atoms with Crippen LogP contribution in [0.2, 0.25) is 0 Å². The number of hydrogen-bond donors (Lipinski definition) is 2. The van der Waals surface area contributed by atoms with Crippen molar-refractivity contribution >= 4 is 18.6 Å². The number of rotatable bonds is 4. The Morgan fingerprint density at radius 1 is 1.73 bits per heavy atom. The van der Waals surface area contributed by atoms with E-state index in [2.05, 4.69) is 12.6 Å². The molecule has 0 fully saturated rings. The number of carboxylic acid groups (broad SMARTS) is 1. The van der Waals surface area contributed by atoms with Gasteiger partial charge in [0.2, 0.25) is 5.92 Å². The Bertz CT molecular complexity index is 144. The Hall–Kier alpha value is -0.320. The van der Waals surface area contributed by atoms with E-state index in [4.69, 9.17) is 5.11 Å². The fraction of sp³-hybridized carbons (Fsp3) is 0.833. The largest absolute Gasteiger partial charge is 0.481 e. The lowest BCUT2D eigenvalue weighted by Crippen LogP contribution is -2.24. The maximum Gasteiger partial charge on any atom is 0.307 e. The lowest BCUT2D eigenvalue weighted by atomic mass is 10.0. The molecule has 0 spiro atoms. The van der Waals surface area contributed by atoms with Gasteiger partial charge in [0.15, 0.2) is 0 Å². The summed E-state index contributed by atoms with van der Waals surface area (Å²) in [5.41, 5.74) is 0. The van der Waals surface area contributed by atoms with Gasteiger partial charge < -0.3 is 5.11 Å². The zero-order chi connectivity index (χ0) is 9.07. The fourth-order valence-electron chi connectivity index (χ4n) is 0.663. The predicted octanol–water partition coefficient (Wildman–Crippen LogP) is 1.66. The van der Waals surface area contributed by atoms with E-state index in [-0.39, 0.29) is 5.75 Å². The zero-order valence-electron chi connectivity index (χ0n) is 6.05.